The lowest BCUT2D eigenvalue weighted by Gasteiger charge is -2.28. The number of hydrogen-bond acceptors (Lipinski definition) is 3. The van der Waals surface area contributed by atoms with Gasteiger partial charge in [0.25, 0.3) is 0 Å². The molecule has 3 heteroatoms. The summed E-state index contributed by atoms with van der Waals surface area (Å²) in [5.41, 5.74) is 0.646. The van der Waals surface area contributed by atoms with Crippen LogP contribution in [0, 0.1) is 11.3 Å². The molecule has 0 fully saturated rings. The lowest BCUT2D eigenvalue weighted by atomic mass is 10.2. The molecular formula is C17H26N2O. The first kappa shape index (κ1) is 16.5. The van der Waals surface area contributed by atoms with E-state index in [0.717, 1.165) is 25.3 Å². The number of rotatable bonds is 9. The maximum Gasteiger partial charge on any atom is 0.120 e. The number of nitrogens with zero attached hydrogens (tertiary/aromatic N) is 2. The molecule has 0 spiro atoms. The highest BCUT2D eigenvalue weighted by atomic mass is 16.5. The van der Waals surface area contributed by atoms with Crippen LogP contribution in [-0.2, 0) is 0 Å². The smallest absolute Gasteiger partial charge is 0.120 e. The Bertz CT molecular complexity index is 425. The second kappa shape index (κ2) is 9.39. The van der Waals surface area contributed by atoms with E-state index < -0.39 is 0 Å². The highest BCUT2D eigenvalue weighted by Crippen LogP contribution is 2.13. The Morgan fingerprint density at radius 2 is 2.10 bits per heavy atom. The minimum atomic E-state index is 0.593. The summed E-state index contributed by atoms with van der Waals surface area (Å²) in [7, 11) is 0. The molecule has 0 saturated carbocycles. The predicted molar refractivity (Wildman–Crippen MR) is 82.9 cm³/mol. The van der Waals surface area contributed by atoms with E-state index in [0.29, 0.717) is 18.2 Å². The SMILES string of the molecule is CCCCN(CCOc1cccc(C#N)c1)C(C)CC. The standard InChI is InChI=1S/C17H26N2O/c1-4-6-10-19(15(3)5-2)11-12-20-17-9-7-8-16(13-17)14-18/h7-9,13,15H,4-6,10-12H2,1-3H3. The first-order valence-corrected chi connectivity index (χ1v) is 7.58. The van der Waals surface area contributed by atoms with E-state index in [2.05, 4.69) is 31.7 Å². The van der Waals surface area contributed by atoms with Crippen molar-refractivity contribution in [2.24, 2.45) is 0 Å². The Hall–Kier alpha value is -1.53. The van der Waals surface area contributed by atoms with Gasteiger partial charge in [-0.25, -0.2) is 0 Å². The maximum atomic E-state index is 8.86. The summed E-state index contributed by atoms with van der Waals surface area (Å²) in [6.45, 7) is 9.45. The van der Waals surface area contributed by atoms with E-state index in [-0.39, 0.29) is 0 Å². The average Bonchev–Trinajstić information content (AvgIpc) is 2.50. The summed E-state index contributed by atoms with van der Waals surface area (Å²) in [6, 6.07) is 10.1. The van der Waals surface area contributed by atoms with Crippen LogP contribution in [0.25, 0.3) is 0 Å². The van der Waals surface area contributed by atoms with Crippen LogP contribution in [0.4, 0.5) is 0 Å². The molecule has 1 aromatic rings. The molecule has 20 heavy (non-hydrogen) atoms. The van der Waals surface area contributed by atoms with Gasteiger partial charge in [-0.2, -0.15) is 5.26 Å². The molecule has 0 bridgehead atoms. The van der Waals surface area contributed by atoms with Crippen LogP contribution >= 0.6 is 0 Å². The van der Waals surface area contributed by atoms with Crippen molar-refractivity contribution < 1.29 is 4.74 Å². The van der Waals surface area contributed by atoms with E-state index in [1.54, 1.807) is 12.1 Å². The number of benzene rings is 1. The molecule has 0 aliphatic carbocycles. The van der Waals surface area contributed by atoms with Crippen molar-refractivity contribution in [3.05, 3.63) is 29.8 Å². The quantitative estimate of drug-likeness (QED) is 0.686. The van der Waals surface area contributed by atoms with Crippen molar-refractivity contribution in [3.63, 3.8) is 0 Å². The number of nitriles is 1. The van der Waals surface area contributed by atoms with Gasteiger partial charge in [-0.15, -0.1) is 0 Å². The van der Waals surface area contributed by atoms with E-state index in [4.69, 9.17) is 10.00 Å². The van der Waals surface area contributed by atoms with E-state index in [1.807, 2.05) is 12.1 Å². The maximum absolute atomic E-state index is 8.86. The zero-order valence-electron chi connectivity index (χ0n) is 12.9. The molecule has 0 heterocycles. The summed E-state index contributed by atoms with van der Waals surface area (Å²) in [6.07, 6.45) is 3.61. The molecule has 0 aliphatic rings. The zero-order chi connectivity index (χ0) is 14.8. The minimum absolute atomic E-state index is 0.593. The number of hydrogen-bond donors (Lipinski definition) is 0. The third-order valence-corrected chi connectivity index (χ3v) is 3.62. The fourth-order valence-corrected chi connectivity index (χ4v) is 2.11. The topological polar surface area (TPSA) is 36.3 Å². The van der Waals surface area contributed by atoms with Gasteiger partial charge in [0.15, 0.2) is 0 Å². The van der Waals surface area contributed by atoms with Crippen molar-refractivity contribution in [2.75, 3.05) is 19.7 Å². The van der Waals surface area contributed by atoms with Crippen molar-refractivity contribution in [1.29, 1.82) is 5.26 Å². The van der Waals surface area contributed by atoms with Crippen LogP contribution in [0.2, 0.25) is 0 Å². The molecule has 3 nitrogen and oxygen atoms in total. The van der Waals surface area contributed by atoms with Gasteiger partial charge in [-0.3, -0.25) is 4.90 Å². The fraction of sp³-hybridized carbons (Fsp3) is 0.588. The van der Waals surface area contributed by atoms with E-state index in [9.17, 15) is 0 Å². The normalized spacial score (nSPS) is 12.2. The molecule has 1 aromatic carbocycles. The van der Waals surface area contributed by atoms with Crippen molar-refractivity contribution in [1.82, 2.24) is 4.90 Å². The summed E-state index contributed by atoms with van der Waals surface area (Å²) >= 11 is 0. The highest BCUT2D eigenvalue weighted by molar-refractivity contribution is 5.36. The molecule has 0 aliphatic heterocycles. The van der Waals surface area contributed by atoms with Crippen LogP contribution in [0.3, 0.4) is 0 Å². The van der Waals surface area contributed by atoms with Crippen LogP contribution in [0.1, 0.15) is 45.6 Å². The van der Waals surface area contributed by atoms with E-state index in [1.165, 1.54) is 12.8 Å². The Balaban J connectivity index is 2.44. The van der Waals surface area contributed by atoms with Gasteiger partial charge in [0.05, 0.1) is 11.6 Å². The molecule has 110 valence electrons. The third kappa shape index (κ3) is 5.63. The molecule has 1 unspecified atom stereocenters. The molecule has 0 N–H and O–H groups in total. The van der Waals surface area contributed by atoms with Crippen LogP contribution in [0.5, 0.6) is 5.75 Å². The molecule has 0 amide bonds. The van der Waals surface area contributed by atoms with E-state index >= 15 is 0 Å². The van der Waals surface area contributed by atoms with Crippen LogP contribution in [0.15, 0.2) is 24.3 Å². The third-order valence-electron chi connectivity index (χ3n) is 3.62. The van der Waals surface area contributed by atoms with Gasteiger partial charge in [0.1, 0.15) is 12.4 Å². The molecule has 1 atom stereocenters. The highest BCUT2D eigenvalue weighted by Gasteiger charge is 2.11. The summed E-state index contributed by atoms with van der Waals surface area (Å²) in [5, 5.41) is 8.86. The van der Waals surface area contributed by atoms with Gasteiger partial charge in [0.2, 0.25) is 0 Å². The summed E-state index contributed by atoms with van der Waals surface area (Å²) in [4.78, 5) is 2.48. The molecule has 0 saturated heterocycles. The van der Waals surface area contributed by atoms with Gasteiger partial charge in [-0.1, -0.05) is 26.3 Å². The average molecular weight is 274 g/mol. The monoisotopic (exact) mass is 274 g/mol. The Labute approximate surface area is 123 Å². The molecular weight excluding hydrogens is 248 g/mol. The number of ether oxygens (including phenoxy) is 1. The first-order chi connectivity index (χ1) is 9.71. The second-order valence-corrected chi connectivity index (χ2v) is 5.13. The van der Waals surface area contributed by atoms with Crippen LogP contribution < -0.4 is 4.74 Å². The Morgan fingerprint density at radius 3 is 2.75 bits per heavy atom. The largest absolute Gasteiger partial charge is 0.492 e. The van der Waals surface area contributed by atoms with Gasteiger partial charge >= 0.3 is 0 Å². The summed E-state index contributed by atoms with van der Waals surface area (Å²) in [5.74, 6) is 0.781. The van der Waals surface area contributed by atoms with Gasteiger partial charge in [-0.05, 0) is 44.5 Å². The van der Waals surface area contributed by atoms with Crippen molar-refractivity contribution >= 4 is 0 Å². The van der Waals surface area contributed by atoms with Crippen molar-refractivity contribution in [2.45, 2.75) is 46.1 Å². The lowest BCUT2D eigenvalue weighted by molar-refractivity contribution is 0.162. The second-order valence-electron chi connectivity index (χ2n) is 5.13. The van der Waals surface area contributed by atoms with Gasteiger partial charge in [0, 0.05) is 12.6 Å². The van der Waals surface area contributed by atoms with Crippen LogP contribution in [-0.4, -0.2) is 30.6 Å². The Kier molecular flexibility index (Phi) is 7.75. The zero-order valence-corrected chi connectivity index (χ0v) is 12.9. The Morgan fingerprint density at radius 1 is 1.30 bits per heavy atom. The number of unbranched alkanes of at least 4 members (excludes halogenated alkanes) is 1. The molecule has 1 rings (SSSR count). The predicted octanol–water partition coefficient (Wildman–Crippen LogP) is 3.84. The van der Waals surface area contributed by atoms with Crippen molar-refractivity contribution in [3.8, 4) is 11.8 Å². The molecule has 0 radical (unpaired) electrons. The lowest BCUT2D eigenvalue weighted by Crippen LogP contribution is -2.36. The van der Waals surface area contributed by atoms with Gasteiger partial charge < -0.3 is 4.74 Å². The summed E-state index contributed by atoms with van der Waals surface area (Å²) < 4.78 is 5.76. The fourth-order valence-electron chi connectivity index (χ4n) is 2.11. The molecule has 0 aromatic heterocycles. The minimum Gasteiger partial charge on any atom is -0.492 e. The first-order valence-electron chi connectivity index (χ1n) is 7.58.